The van der Waals surface area contributed by atoms with E-state index in [2.05, 4.69) is 0 Å². The normalized spacial score (nSPS) is 12.1. The first-order chi connectivity index (χ1) is 8.67. The molecule has 0 bridgehead atoms. The lowest BCUT2D eigenvalue weighted by Gasteiger charge is -2.17. The fraction of sp³-hybridized carbons (Fsp3) is 0.538. The first-order valence-corrected chi connectivity index (χ1v) is 5.91. The van der Waals surface area contributed by atoms with Crippen molar-refractivity contribution in [2.24, 2.45) is 11.5 Å². The molecule has 0 aromatic heterocycles. The van der Waals surface area contributed by atoms with Gasteiger partial charge in [-0.05, 0) is 31.0 Å². The Morgan fingerprint density at radius 3 is 2.22 bits per heavy atom. The molecule has 1 aromatic rings. The van der Waals surface area contributed by atoms with E-state index in [1.54, 1.807) is 21.3 Å². The molecule has 5 nitrogen and oxygen atoms in total. The predicted molar refractivity (Wildman–Crippen MR) is 71.4 cm³/mol. The predicted octanol–water partition coefficient (Wildman–Crippen LogP) is 0.931. The first-order valence-electron chi connectivity index (χ1n) is 5.91. The Balaban J connectivity index is 3.04. The fourth-order valence-corrected chi connectivity index (χ4v) is 1.92. The minimum Gasteiger partial charge on any atom is -0.493 e. The number of rotatable bonds is 7. The Bertz CT molecular complexity index is 383. The molecule has 102 valence electrons. The van der Waals surface area contributed by atoms with E-state index in [1.807, 2.05) is 12.1 Å². The summed E-state index contributed by atoms with van der Waals surface area (Å²) < 4.78 is 16.0. The van der Waals surface area contributed by atoms with Gasteiger partial charge in [0.1, 0.15) is 0 Å². The van der Waals surface area contributed by atoms with Crippen LogP contribution in [0, 0.1) is 0 Å². The van der Waals surface area contributed by atoms with Crippen LogP contribution < -0.4 is 25.7 Å². The molecular formula is C13H22N2O3. The highest BCUT2D eigenvalue weighted by Gasteiger charge is 2.17. The third-order valence-electron chi connectivity index (χ3n) is 2.81. The zero-order valence-electron chi connectivity index (χ0n) is 11.2. The second kappa shape index (κ2) is 7.08. The summed E-state index contributed by atoms with van der Waals surface area (Å²) in [6.45, 7) is 0.580. The topological polar surface area (TPSA) is 79.7 Å². The molecule has 18 heavy (non-hydrogen) atoms. The van der Waals surface area contributed by atoms with Crippen LogP contribution in [-0.4, -0.2) is 33.9 Å². The molecule has 0 amide bonds. The standard InChI is InChI=1S/C13H22N2O3/c1-16-11-5-4-9(8-10(15)6-7-14)12(17-2)13(11)18-3/h4-5,10H,6-8,14-15H2,1-3H3. The fourth-order valence-electron chi connectivity index (χ4n) is 1.92. The second-order valence-electron chi connectivity index (χ2n) is 4.03. The molecule has 1 atom stereocenters. The van der Waals surface area contributed by atoms with E-state index in [1.165, 1.54) is 0 Å². The lowest BCUT2D eigenvalue weighted by atomic mass is 10.0. The van der Waals surface area contributed by atoms with Crippen LogP contribution in [-0.2, 0) is 6.42 Å². The number of hydrogen-bond acceptors (Lipinski definition) is 5. The Hall–Kier alpha value is -1.46. The van der Waals surface area contributed by atoms with E-state index in [9.17, 15) is 0 Å². The maximum absolute atomic E-state index is 5.99. The number of benzene rings is 1. The van der Waals surface area contributed by atoms with Gasteiger partial charge in [0.25, 0.3) is 0 Å². The van der Waals surface area contributed by atoms with Gasteiger partial charge in [0.2, 0.25) is 5.75 Å². The van der Waals surface area contributed by atoms with Gasteiger partial charge in [0.05, 0.1) is 21.3 Å². The summed E-state index contributed by atoms with van der Waals surface area (Å²) in [5.74, 6) is 1.91. The van der Waals surface area contributed by atoms with Crippen LogP contribution in [0.25, 0.3) is 0 Å². The number of nitrogens with two attached hydrogens (primary N) is 2. The lowest BCUT2D eigenvalue weighted by Crippen LogP contribution is -2.26. The van der Waals surface area contributed by atoms with Crippen LogP contribution in [0.4, 0.5) is 0 Å². The van der Waals surface area contributed by atoms with E-state index < -0.39 is 0 Å². The molecule has 0 heterocycles. The quantitative estimate of drug-likeness (QED) is 0.756. The molecule has 0 saturated heterocycles. The minimum absolute atomic E-state index is 0.0157. The largest absolute Gasteiger partial charge is 0.493 e. The van der Waals surface area contributed by atoms with Gasteiger partial charge in [-0.2, -0.15) is 0 Å². The van der Waals surface area contributed by atoms with Crippen LogP contribution in [0.2, 0.25) is 0 Å². The van der Waals surface area contributed by atoms with Gasteiger partial charge in [0.15, 0.2) is 11.5 Å². The van der Waals surface area contributed by atoms with Gasteiger partial charge in [-0.1, -0.05) is 6.07 Å². The second-order valence-corrected chi connectivity index (χ2v) is 4.03. The van der Waals surface area contributed by atoms with Crippen LogP contribution in [0.15, 0.2) is 12.1 Å². The van der Waals surface area contributed by atoms with Crippen molar-refractivity contribution in [1.29, 1.82) is 0 Å². The van der Waals surface area contributed by atoms with Gasteiger partial charge >= 0.3 is 0 Å². The van der Waals surface area contributed by atoms with Gasteiger partial charge in [-0.25, -0.2) is 0 Å². The van der Waals surface area contributed by atoms with Crippen molar-refractivity contribution in [1.82, 2.24) is 0 Å². The van der Waals surface area contributed by atoms with Crippen LogP contribution in [0.5, 0.6) is 17.2 Å². The summed E-state index contributed by atoms with van der Waals surface area (Å²) in [6, 6.07) is 3.81. The highest BCUT2D eigenvalue weighted by Crippen LogP contribution is 2.40. The van der Waals surface area contributed by atoms with Crippen molar-refractivity contribution in [2.75, 3.05) is 27.9 Å². The molecular weight excluding hydrogens is 232 g/mol. The van der Waals surface area contributed by atoms with Crippen LogP contribution in [0.1, 0.15) is 12.0 Å². The number of ether oxygens (including phenoxy) is 3. The van der Waals surface area contributed by atoms with Gasteiger partial charge in [0, 0.05) is 6.04 Å². The third-order valence-corrected chi connectivity index (χ3v) is 2.81. The summed E-state index contributed by atoms with van der Waals surface area (Å²) >= 11 is 0. The smallest absolute Gasteiger partial charge is 0.203 e. The van der Waals surface area contributed by atoms with Crippen molar-refractivity contribution in [2.45, 2.75) is 18.9 Å². The van der Waals surface area contributed by atoms with Crippen molar-refractivity contribution in [3.05, 3.63) is 17.7 Å². The van der Waals surface area contributed by atoms with Crippen LogP contribution in [0.3, 0.4) is 0 Å². The van der Waals surface area contributed by atoms with Crippen molar-refractivity contribution >= 4 is 0 Å². The van der Waals surface area contributed by atoms with Crippen LogP contribution >= 0.6 is 0 Å². The summed E-state index contributed by atoms with van der Waals surface area (Å²) in [7, 11) is 4.79. The molecule has 0 aliphatic carbocycles. The Morgan fingerprint density at radius 1 is 1.06 bits per heavy atom. The highest BCUT2D eigenvalue weighted by atomic mass is 16.5. The summed E-state index contributed by atoms with van der Waals surface area (Å²) in [5, 5.41) is 0. The zero-order chi connectivity index (χ0) is 13.5. The molecule has 0 aliphatic rings. The van der Waals surface area contributed by atoms with E-state index in [-0.39, 0.29) is 6.04 Å². The summed E-state index contributed by atoms with van der Waals surface area (Å²) in [5.41, 5.74) is 12.5. The van der Waals surface area contributed by atoms with Gasteiger partial charge < -0.3 is 25.7 Å². The first kappa shape index (κ1) is 14.6. The van der Waals surface area contributed by atoms with E-state index >= 15 is 0 Å². The van der Waals surface area contributed by atoms with Gasteiger partial charge in [-0.15, -0.1) is 0 Å². The molecule has 0 aliphatic heterocycles. The molecule has 5 heteroatoms. The average molecular weight is 254 g/mol. The number of hydrogen-bond donors (Lipinski definition) is 2. The van der Waals surface area contributed by atoms with Crippen molar-refractivity contribution in [3.8, 4) is 17.2 Å². The maximum atomic E-state index is 5.99. The molecule has 4 N–H and O–H groups in total. The lowest BCUT2D eigenvalue weighted by molar-refractivity contribution is 0.321. The van der Waals surface area contributed by atoms with Crippen molar-refractivity contribution < 1.29 is 14.2 Å². The minimum atomic E-state index is 0.0157. The summed E-state index contributed by atoms with van der Waals surface area (Å²) in [4.78, 5) is 0. The average Bonchev–Trinajstić information content (AvgIpc) is 2.38. The Kier molecular flexibility index (Phi) is 5.74. The zero-order valence-corrected chi connectivity index (χ0v) is 11.2. The number of methoxy groups -OCH3 is 3. The molecule has 0 radical (unpaired) electrons. The van der Waals surface area contributed by atoms with Gasteiger partial charge in [-0.3, -0.25) is 0 Å². The van der Waals surface area contributed by atoms with Crippen molar-refractivity contribution in [3.63, 3.8) is 0 Å². The maximum Gasteiger partial charge on any atom is 0.203 e. The Labute approximate surface area is 108 Å². The van der Waals surface area contributed by atoms with E-state index in [4.69, 9.17) is 25.7 Å². The molecule has 0 saturated carbocycles. The third kappa shape index (κ3) is 3.27. The van der Waals surface area contributed by atoms with E-state index in [0.29, 0.717) is 30.2 Å². The molecule has 1 aromatic carbocycles. The Morgan fingerprint density at radius 2 is 1.72 bits per heavy atom. The molecule has 0 fully saturated rings. The SMILES string of the molecule is COc1ccc(CC(N)CCN)c(OC)c1OC. The molecule has 1 unspecified atom stereocenters. The molecule has 1 rings (SSSR count). The monoisotopic (exact) mass is 254 g/mol. The highest BCUT2D eigenvalue weighted by molar-refractivity contribution is 5.55. The van der Waals surface area contributed by atoms with E-state index in [0.717, 1.165) is 12.0 Å². The molecule has 0 spiro atoms. The summed E-state index contributed by atoms with van der Waals surface area (Å²) in [6.07, 6.45) is 1.47.